The molecule has 0 aliphatic carbocycles. The fourth-order valence-corrected chi connectivity index (χ4v) is 2.44. The van der Waals surface area contributed by atoms with Gasteiger partial charge in [-0.3, -0.25) is 0 Å². The first-order chi connectivity index (χ1) is 11.4. The minimum Gasteiger partial charge on any atom is -0.0683 e. The van der Waals surface area contributed by atoms with Gasteiger partial charge in [-0.15, -0.1) is 0 Å². The van der Waals surface area contributed by atoms with Crippen molar-refractivity contribution in [1.82, 2.24) is 0 Å². The van der Waals surface area contributed by atoms with Crippen LogP contribution in [0, 0.1) is 0 Å². The van der Waals surface area contributed by atoms with E-state index in [0.29, 0.717) is 0 Å². The van der Waals surface area contributed by atoms with Crippen LogP contribution in [0.3, 0.4) is 0 Å². The maximum absolute atomic E-state index is 2.29. The maximum Gasteiger partial charge on any atom is -0.0533 e. The third kappa shape index (κ3) is 44.9. The van der Waals surface area contributed by atoms with Gasteiger partial charge in [0.05, 0.1) is 0 Å². The highest BCUT2D eigenvalue weighted by Crippen LogP contribution is 2.13. The van der Waals surface area contributed by atoms with Gasteiger partial charge in [0.2, 0.25) is 0 Å². The second-order valence-electron chi connectivity index (χ2n) is 5.60. The van der Waals surface area contributed by atoms with Gasteiger partial charge in [0.25, 0.3) is 0 Å². The van der Waals surface area contributed by atoms with Crippen LogP contribution < -0.4 is 0 Å². The van der Waals surface area contributed by atoms with E-state index in [-0.39, 0.29) is 0 Å². The third-order valence-corrected chi connectivity index (χ3v) is 3.71. The van der Waals surface area contributed by atoms with Crippen molar-refractivity contribution in [2.24, 2.45) is 0 Å². The van der Waals surface area contributed by atoms with E-state index in [0.717, 1.165) is 0 Å². The van der Waals surface area contributed by atoms with Crippen molar-refractivity contribution in [3.8, 4) is 0 Å². The highest BCUT2D eigenvalue weighted by molar-refractivity contribution is 4.48. The molecule has 0 rings (SSSR count). The second-order valence-corrected chi connectivity index (χ2v) is 5.60. The number of hydrogen-bond acceptors (Lipinski definition) is 0. The van der Waals surface area contributed by atoms with Crippen molar-refractivity contribution in [2.75, 3.05) is 0 Å². The Labute approximate surface area is 152 Å². The van der Waals surface area contributed by atoms with Crippen molar-refractivity contribution in [1.29, 1.82) is 0 Å². The fourth-order valence-electron chi connectivity index (χ4n) is 2.44. The Hall–Kier alpha value is 0. The zero-order chi connectivity index (χ0) is 18.6. The Kier molecular flexibility index (Phi) is 57.8. The first-order valence-electron chi connectivity index (χ1n) is 11.4. The van der Waals surface area contributed by atoms with E-state index in [9.17, 15) is 0 Å². The third-order valence-electron chi connectivity index (χ3n) is 3.71. The maximum atomic E-state index is 2.29. The van der Waals surface area contributed by atoms with Gasteiger partial charge < -0.3 is 0 Å². The Balaban J connectivity index is -0.000000267. The van der Waals surface area contributed by atoms with Gasteiger partial charge in [-0.05, 0) is 0 Å². The van der Waals surface area contributed by atoms with Gasteiger partial charge in [0.15, 0.2) is 0 Å². The van der Waals surface area contributed by atoms with Gasteiger partial charge in [-0.25, -0.2) is 0 Å². The van der Waals surface area contributed by atoms with Crippen molar-refractivity contribution in [3.63, 3.8) is 0 Å². The zero-order valence-corrected chi connectivity index (χ0v) is 18.6. The van der Waals surface area contributed by atoms with Gasteiger partial charge in [0.1, 0.15) is 0 Å². The molecule has 0 aromatic heterocycles. The molecule has 0 saturated heterocycles. The average molecular weight is 331 g/mol. The summed E-state index contributed by atoms with van der Waals surface area (Å²) in [6.07, 6.45) is 21.9. The number of hydrogen-bond donors (Lipinski definition) is 0. The van der Waals surface area contributed by atoms with Crippen molar-refractivity contribution in [3.05, 3.63) is 0 Å². The molecule has 0 fully saturated rings. The highest BCUT2D eigenvalue weighted by Gasteiger charge is 1.93. The lowest BCUT2D eigenvalue weighted by atomic mass is 10.0. The zero-order valence-electron chi connectivity index (χ0n) is 18.6. The standard InChI is InChI=1S/C17H36.3C2H6/c1-3-5-7-9-11-13-15-17-16-14-12-10-8-6-4-2;3*1-2/h3-17H2,1-2H3;3*1-2H3. The van der Waals surface area contributed by atoms with Crippen LogP contribution in [0.5, 0.6) is 0 Å². The number of rotatable bonds is 14. The summed E-state index contributed by atoms with van der Waals surface area (Å²) in [7, 11) is 0. The molecule has 0 nitrogen and oxygen atoms in total. The van der Waals surface area contributed by atoms with E-state index in [2.05, 4.69) is 13.8 Å². The lowest BCUT2D eigenvalue weighted by molar-refractivity contribution is 0.534. The molecule has 0 bridgehead atoms. The molecule has 0 heterocycles. The average Bonchev–Trinajstić information content (AvgIpc) is 2.64. The van der Waals surface area contributed by atoms with Crippen molar-refractivity contribution >= 4 is 0 Å². The first kappa shape index (κ1) is 30.8. The van der Waals surface area contributed by atoms with E-state index in [1.807, 2.05) is 41.5 Å². The van der Waals surface area contributed by atoms with Gasteiger partial charge in [0, 0.05) is 0 Å². The smallest absolute Gasteiger partial charge is 0.0533 e. The van der Waals surface area contributed by atoms with Crippen molar-refractivity contribution < 1.29 is 0 Å². The van der Waals surface area contributed by atoms with E-state index < -0.39 is 0 Å². The number of unbranched alkanes of at least 4 members (excludes halogenated alkanes) is 14. The molecular formula is C23H54. The molecule has 0 heteroatoms. The van der Waals surface area contributed by atoms with E-state index in [4.69, 9.17) is 0 Å². The predicted molar refractivity (Wildman–Crippen MR) is 115 cm³/mol. The Morgan fingerprint density at radius 3 is 0.522 bits per heavy atom. The molecule has 0 radical (unpaired) electrons. The molecule has 146 valence electrons. The Morgan fingerprint density at radius 2 is 0.391 bits per heavy atom. The Bertz CT molecular complexity index is 103. The molecule has 0 amide bonds. The van der Waals surface area contributed by atoms with Crippen molar-refractivity contribution in [2.45, 2.75) is 152 Å². The normalized spacial score (nSPS) is 8.87. The molecule has 0 N–H and O–H groups in total. The molecule has 0 aromatic rings. The molecule has 0 aliphatic heterocycles. The van der Waals surface area contributed by atoms with Crippen LogP contribution >= 0.6 is 0 Å². The fraction of sp³-hybridized carbons (Fsp3) is 1.00. The molecule has 0 saturated carbocycles. The van der Waals surface area contributed by atoms with Crippen LogP contribution in [0.1, 0.15) is 152 Å². The molecule has 0 aromatic carbocycles. The van der Waals surface area contributed by atoms with Crippen LogP contribution in [0.25, 0.3) is 0 Å². The van der Waals surface area contributed by atoms with Gasteiger partial charge in [-0.2, -0.15) is 0 Å². The summed E-state index contributed by atoms with van der Waals surface area (Å²) in [5.74, 6) is 0. The summed E-state index contributed by atoms with van der Waals surface area (Å²) in [6, 6.07) is 0. The van der Waals surface area contributed by atoms with Crippen LogP contribution in [0.4, 0.5) is 0 Å². The molecule has 0 aliphatic rings. The van der Waals surface area contributed by atoms with Gasteiger partial charge in [-0.1, -0.05) is 152 Å². The summed E-state index contributed by atoms with van der Waals surface area (Å²) in [6.45, 7) is 16.6. The van der Waals surface area contributed by atoms with Crippen LogP contribution in [-0.2, 0) is 0 Å². The largest absolute Gasteiger partial charge is 0.0683 e. The van der Waals surface area contributed by atoms with E-state index in [1.54, 1.807) is 0 Å². The SMILES string of the molecule is CC.CC.CC.CCCCCCCCCCCCCCCCC. The summed E-state index contributed by atoms with van der Waals surface area (Å²) in [5, 5.41) is 0. The lowest BCUT2D eigenvalue weighted by Crippen LogP contribution is -1.82. The lowest BCUT2D eigenvalue weighted by Gasteiger charge is -2.02. The molecule has 0 spiro atoms. The summed E-state index contributed by atoms with van der Waals surface area (Å²) < 4.78 is 0. The van der Waals surface area contributed by atoms with E-state index >= 15 is 0 Å². The molecule has 23 heavy (non-hydrogen) atoms. The second kappa shape index (κ2) is 43.1. The minimum atomic E-state index is 1.37. The van der Waals surface area contributed by atoms with Gasteiger partial charge >= 0.3 is 0 Å². The molecule has 0 atom stereocenters. The quantitative estimate of drug-likeness (QED) is 0.278. The highest BCUT2D eigenvalue weighted by atomic mass is 14.0. The van der Waals surface area contributed by atoms with Crippen LogP contribution in [0.2, 0.25) is 0 Å². The summed E-state index contributed by atoms with van der Waals surface area (Å²) in [5.41, 5.74) is 0. The van der Waals surface area contributed by atoms with E-state index in [1.165, 1.54) is 96.3 Å². The van der Waals surface area contributed by atoms with Crippen LogP contribution in [0.15, 0.2) is 0 Å². The van der Waals surface area contributed by atoms with Crippen LogP contribution in [-0.4, -0.2) is 0 Å². The predicted octanol–water partition coefficient (Wildman–Crippen LogP) is 9.96. The minimum absolute atomic E-state index is 1.37. The molecule has 0 unspecified atom stereocenters. The first-order valence-corrected chi connectivity index (χ1v) is 11.4. The Morgan fingerprint density at radius 1 is 0.261 bits per heavy atom. The monoisotopic (exact) mass is 330 g/mol. The summed E-state index contributed by atoms with van der Waals surface area (Å²) >= 11 is 0. The summed E-state index contributed by atoms with van der Waals surface area (Å²) in [4.78, 5) is 0. The topological polar surface area (TPSA) is 0 Å². The molecular weight excluding hydrogens is 276 g/mol.